The van der Waals surface area contributed by atoms with E-state index in [4.69, 9.17) is 0 Å². The van der Waals surface area contributed by atoms with Gasteiger partial charge < -0.3 is 20.2 Å². The predicted octanol–water partition coefficient (Wildman–Crippen LogP) is 1.61. The van der Waals surface area contributed by atoms with Crippen LogP contribution in [0, 0.1) is 5.41 Å². The van der Waals surface area contributed by atoms with Crippen LogP contribution >= 0.6 is 0 Å². The number of urea groups is 1. The summed E-state index contributed by atoms with van der Waals surface area (Å²) in [5.74, 6) is -0.784. The minimum absolute atomic E-state index is 0.136. The van der Waals surface area contributed by atoms with E-state index in [0.717, 1.165) is 6.42 Å². The lowest BCUT2D eigenvalue weighted by Gasteiger charge is -2.33. The Labute approximate surface area is 127 Å². The maximum absolute atomic E-state index is 12.2. The summed E-state index contributed by atoms with van der Waals surface area (Å²) in [4.78, 5) is 27.4. The van der Waals surface area contributed by atoms with Gasteiger partial charge in [0.15, 0.2) is 0 Å². The number of carboxylic acids is 1. The van der Waals surface area contributed by atoms with Gasteiger partial charge in [-0.15, -0.1) is 0 Å². The highest BCUT2D eigenvalue weighted by atomic mass is 16.4. The number of carbonyl (C=O) groups is 2. The van der Waals surface area contributed by atoms with Crippen molar-refractivity contribution in [3.05, 3.63) is 0 Å². The summed E-state index contributed by atoms with van der Waals surface area (Å²) in [5.41, 5.74) is -0.897. The zero-order chi connectivity index (χ0) is 16.3. The van der Waals surface area contributed by atoms with Gasteiger partial charge in [0.25, 0.3) is 0 Å². The van der Waals surface area contributed by atoms with E-state index in [9.17, 15) is 14.7 Å². The van der Waals surface area contributed by atoms with E-state index in [1.165, 1.54) is 0 Å². The van der Waals surface area contributed by atoms with Crippen LogP contribution in [0.2, 0.25) is 0 Å². The molecule has 21 heavy (non-hydrogen) atoms. The Morgan fingerprint density at radius 2 is 2.00 bits per heavy atom. The van der Waals surface area contributed by atoms with Crippen molar-refractivity contribution in [2.75, 3.05) is 33.7 Å². The van der Waals surface area contributed by atoms with E-state index in [2.05, 4.69) is 24.1 Å². The Balaban J connectivity index is 2.60. The van der Waals surface area contributed by atoms with Gasteiger partial charge in [-0.1, -0.05) is 13.3 Å². The van der Waals surface area contributed by atoms with Gasteiger partial charge in [0.2, 0.25) is 0 Å². The number of carboxylic acid groups (broad SMARTS) is 1. The highest BCUT2D eigenvalue weighted by molar-refractivity contribution is 5.79. The van der Waals surface area contributed by atoms with Gasteiger partial charge >= 0.3 is 12.0 Å². The normalized spacial score (nSPS) is 22.7. The molecule has 0 radical (unpaired) electrons. The number of likely N-dealkylation sites (tertiary alicyclic amines) is 1. The molecule has 1 aliphatic heterocycles. The maximum atomic E-state index is 12.2. The number of hydrogen-bond acceptors (Lipinski definition) is 3. The first kappa shape index (κ1) is 17.8. The summed E-state index contributed by atoms with van der Waals surface area (Å²) in [6, 6.07) is -0.163. The van der Waals surface area contributed by atoms with Crippen molar-refractivity contribution in [2.45, 2.75) is 45.6 Å². The molecule has 0 aliphatic carbocycles. The number of carbonyl (C=O) groups excluding carboxylic acids is 1. The lowest BCUT2D eigenvalue weighted by Crippen LogP contribution is -2.51. The maximum Gasteiger partial charge on any atom is 0.317 e. The second kappa shape index (κ2) is 6.64. The van der Waals surface area contributed by atoms with Crippen LogP contribution in [-0.2, 0) is 4.79 Å². The summed E-state index contributed by atoms with van der Waals surface area (Å²) in [6.45, 7) is 7.44. The number of nitrogens with one attached hydrogen (secondary N) is 1. The average molecular weight is 299 g/mol. The largest absolute Gasteiger partial charge is 0.481 e. The average Bonchev–Trinajstić information content (AvgIpc) is 2.82. The molecule has 1 saturated heterocycles. The second-order valence-corrected chi connectivity index (χ2v) is 6.87. The molecule has 1 heterocycles. The monoisotopic (exact) mass is 299 g/mol. The Morgan fingerprint density at radius 1 is 1.38 bits per heavy atom. The van der Waals surface area contributed by atoms with Crippen molar-refractivity contribution in [3.8, 4) is 0 Å². The van der Waals surface area contributed by atoms with E-state index in [1.807, 2.05) is 21.0 Å². The van der Waals surface area contributed by atoms with Crippen molar-refractivity contribution in [2.24, 2.45) is 5.41 Å². The quantitative estimate of drug-likeness (QED) is 0.781. The van der Waals surface area contributed by atoms with Gasteiger partial charge in [-0.05, 0) is 40.8 Å². The molecule has 6 nitrogen and oxygen atoms in total. The van der Waals surface area contributed by atoms with Crippen molar-refractivity contribution < 1.29 is 14.7 Å². The Morgan fingerprint density at radius 3 is 2.48 bits per heavy atom. The number of hydrogen-bond donors (Lipinski definition) is 2. The Hall–Kier alpha value is -1.30. The molecule has 0 spiro atoms. The Kier molecular flexibility index (Phi) is 5.61. The zero-order valence-electron chi connectivity index (χ0n) is 13.9. The number of aliphatic carboxylic acids is 1. The second-order valence-electron chi connectivity index (χ2n) is 6.87. The molecular weight excluding hydrogens is 270 g/mol. The minimum atomic E-state index is -0.784. The first-order valence-corrected chi connectivity index (χ1v) is 7.58. The molecule has 0 saturated carbocycles. The summed E-state index contributed by atoms with van der Waals surface area (Å²) < 4.78 is 0. The van der Waals surface area contributed by atoms with Crippen LogP contribution in [0.1, 0.15) is 40.0 Å². The van der Waals surface area contributed by atoms with Gasteiger partial charge in [0, 0.05) is 25.2 Å². The first-order valence-electron chi connectivity index (χ1n) is 7.58. The minimum Gasteiger partial charge on any atom is -0.481 e. The molecule has 0 aromatic rings. The molecule has 0 aromatic carbocycles. The SMILES string of the molecule is CCCC1(C(=O)O)CCN(C(=O)NCC(C)(C)N(C)C)C1. The fourth-order valence-electron chi connectivity index (χ4n) is 2.57. The molecule has 0 bridgehead atoms. The number of amides is 2. The van der Waals surface area contributed by atoms with Crippen LogP contribution in [0.25, 0.3) is 0 Å². The van der Waals surface area contributed by atoms with E-state index >= 15 is 0 Å². The summed E-state index contributed by atoms with van der Waals surface area (Å²) in [7, 11) is 3.94. The fourth-order valence-corrected chi connectivity index (χ4v) is 2.57. The van der Waals surface area contributed by atoms with Crippen molar-refractivity contribution >= 4 is 12.0 Å². The topological polar surface area (TPSA) is 72.9 Å². The summed E-state index contributed by atoms with van der Waals surface area (Å²) >= 11 is 0. The highest BCUT2D eigenvalue weighted by Crippen LogP contribution is 2.35. The number of rotatable bonds is 6. The zero-order valence-corrected chi connectivity index (χ0v) is 13.9. The van der Waals surface area contributed by atoms with Gasteiger partial charge in [-0.2, -0.15) is 0 Å². The molecule has 1 unspecified atom stereocenters. The smallest absolute Gasteiger partial charge is 0.317 e. The van der Waals surface area contributed by atoms with Gasteiger partial charge in [0.1, 0.15) is 0 Å². The Bertz CT molecular complexity index is 396. The van der Waals surface area contributed by atoms with E-state index in [-0.39, 0.29) is 11.6 Å². The third kappa shape index (κ3) is 4.09. The lowest BCUT2D eigenvalue weighted by atomic mass is 9.83. The van der Waals surface area contributed by atoms with E-state index in [1.54, 1.807) is 4.90 Å². The van der Waals surface area contributed by atoms with Crippen LogP contribution < -0.4 is 5.32 Å². The molecule has 0 aromatic heterocycles. The van der Waals surface area contributed by atoms with Crippen LogP contribution in [0.5, 0.6) is 0 Å². The molecule has 1 aliphatic rings. The van der Waals surface area contributed by atoms with Gasteiger partial charge in [-0.25, -0.2) is 4.79 Å². The van der Waals surface area contributed by atoms with E-state index < -0.39 is 11.4 Å². The predicted molar refractivity (Wildman–Crippen MR) is 82.3 cm³/mol. The first-order chi connectivity index (χ1) is 9.64. The van der Waals surface area contributed by atoms with Crippen LogP contribution in [-0.4, -0.2) is 66.2 Å². The van der Waals surface area contributed by atoms with Crippen LogP contribution in [0.15, 0.2) is 0 Å². The molecule has 6 heteroatoms. The molecule has 1 rings (SSSR count). The van der Waals surface area contributed by atoms with Crippen molar-refractivity contribution in [3.63, 3.8) is 0 Å². The summed E-state index contributed by atoms with van der Waals surface area (Å²) in [6.07, 6.45) is 1.98. The number of likely N-dealkylation sites (N-methyl/N-ethyl adjacent to an activating group) is 1. The van der Waals surface area contributed by atoms with Gasteiger partial charge in [0.05, 0.1) is 5.41 Å². The van der Waals surface area contributed by atoms with Crippen LogP contribution in [0.4, 0.5) is 4.79 Å². The molecule has 122 valence electrons. The van der Waals surface area contributed by atoms with Crippen molar-refractivity contribution in [1.29, 1.82) is 0 Å². The standard InChI is InChI=1S/C15H29N3O3/c1-6-7-15(12(19)20)8-9-18(11-15)13(21)16-10-14(2,3)17(4)5/h6-11H2,1-5H3,(H,16,21)(H,19,20). The van der Waals surface area contributed by atoms with Crippen molar-refractivity contribution in [1.82, 2.24) is 15.1 Å². The lowest BCUT2D eigenvalue weighted by molar-refractivity contribution is -0.148. The highest BCUT2D eigenvalue weighted by Gasteiger charge is 2.45. The molecule has 1 fully saturated rings. The molecule has 2 N–H and O–H groups in total. The molecular formula is C15H29N3O3. The fraction of sp³-hybridized carbons (Fsp3) is 0.867. The third-order valence-electron chi connectivity index (χ3n) is 4.71. The van der Waals surface area contributed by atoms with Gasteiger partial charge in [-0.3, -0.25) is 4.79 Å². The third-order valence-corrected chi connectivity index (χ3v) is 4.71. The summed E-state index contributed by atoms with van der Waals surface area (Å²) in [5, 5.41) is 12.4. The van der Waals surface area contributed by atoms with E-state index in [0.29, 0.717) is 32.5 Å². The molecule has 2 amide bonds. The number of nitrogens with zero attached hydrogens (tertiary/aromatic N) is 2. The molecule has 1 atom stereocenters. The van der Waals surface area contributed by atoms with Crippen LogP contribution in [0.3, 0.4) is 0 Å².